The molecule has 4 atom stereocenters. The van der Waals surface area contributed by atoms with Gasteiger partial charge in [0.15, 0.2) is 0 Å². The van der Waals surface area contributed by atoms with E-state index in [-0.39, 0.29) is 10.8 Å². The van der Waals surface area contributed by atoms with Crippen molar-refractivity contribution in [2.45, 2.75) is 20.3 Å². The normalized spacial score (nSPS) is 53.2. The lowest BCUT2D eigenvalue weighted by atomic mass is 9.60. The number of hydrogen-bond donors (Lipinski definition) is 2. The lowest BCUT2D eigenvalue weighted by Crippen LogP contribution is -2.50. The molecule has 4 unspecified atom stereocenters. The van der Waals surface area contributed by atoms with E-state index in [0.717, 1.165) is 13.1 Å². The zero-order chi connectivity index (χ0) is 9.69. The summed E-state index contributed by atoms with van der Waals surface area (Å²) in [6, 6.07) is 0. The van der Waals surface area contributed by atoms with E-state index in [4.69, 9.17) is 11.5 Å². The van der Waals surface area contributed by atoms with Gasteiger partial charge in [0, 0.05) is 0 Å². The first-order valence-electron chi connectivity index (χ1n) is 5.17. The summed E-state index contributed by atoms with van der Waals surface area (Å²) in [5.74, 6) is 1.33. The number of allylic oxidation sites excluding steroid dienone is 2. The van der Waals surface area contributed by atoms with Crippen molar-refractivity contribution in [3.05, 3.63) is 12.2 Å². The number of rotatable bonds is 2. The zero-order valence-electron chi connectivity index (χ0n) is 8.59. The van der Waals surface area contributed by atoms with E-state index in [1.165, 1.54) is 6.42 Å². The molecule has 0 radical (unpaired) electrons. The zero-order valence-corrected chi connectivity index (χ0v) is 8.59. The SMILES string of the molecule is CC1(CN)C2C=CC(C2)C1(C)CN. The van der Waals surface area contributed by atoms with Gasteiger partial charge >= 0.3 is 0 Å². The summed E-state index contributed by atoms with van der Waals surface area (Å²) in [7, 11) is 0. The van der Waals surface area contributed by atoms with Crippen LogP contribution in [0, 0.1) is 22.7 Å². The van der Waals surface area contributed by atoms with Crippen LogP contribution in [0.5, 0.6) is 0 Å². The highest BCUT2D eigenvalue weighted by molar-refractivity contribution is 5.23. The van der Waals surface area contributed by atoms with Crippen molar-refractivity contribution in [2.24, 2.45) is 34.1 Å². The van der Waals surface area contributed by atoms with Crippen LogP contribution in [0.3, 0.4) is 0 Å². The molecule has 74 valence electrons. The molecule has 2 heteroatoms. The summed E-state index contributed by atoms with van der Waals surface area (Å²) < 4.78 is 0. The highest BCUT2D eigenvalue weighted by atomic mass is 14.8. The maximum Gasteiger partial charge on any atom is -0.00116 e. The Morgan fingerprint density at radius 1 is 1.08 bits per heavy atom. The van der Waals surface area contributed by atoms with Crippen LogP contribution in [-0.2, 0) is 0 Å². The second kappa shape index (κ2) is 2.58. The minimum Gasteiger partial charge on any atom is -0.330 e. The summed E-state index contributed by atoms with van der Waals surface area (Å²) in [6.45, 7) is 6.11. The largest absolute Gasteiger partial charge is 0.330 e. The molecule has 2 rings (SSSR count). The van der Waals surface area contributed by atoms with E-state index in [1.807, 2.05) is 0 Å². The van der Waals surface area contributed by atoms with Crippen LogP contribution in [-0.4, -0.2) is 13.1 Å². The molecule has 2 bridgehead atoms. The molecule has 2 aliphatic carbocycles. The maximum absolute atomic E-state index is 5.92. The minimum atomic E-state index is 0.223. The standard InChI is InChI=1S/C11H20N2/c1-10(6-12)8-3-4-9(5-8)11(10,2)7-13/h3-4,8-9H,5-7,12-13H2,1-2H3. The number of fused-ring (bicyclic) bond motifs is 2. The van der Waals surface area contributed by atoms with Gasteiger partial charge < -0.3 is 11.5 Å². The van der Waals surface area contributed by atoms with E-state index in [0.29, 0.717) is 11.8 Å². The minimum absolute atomic E-state index is 0.223. The van der Waals surface area contributed by atoms with Gasteiger partial charge in [-0.05, 0) is 42.2 Å². The first kappa shape index (κ1) is 9.22. The topological polar surface area (TPSA) is 52.0 Å². The van der Waals surface area contributed by atoms with E-state index >= 15 is 0 Å². The predicted octanol–water partition coefficient (Wildman–Crippen LogP) is 1.12. The molecule has 1 saturated carbocycles. The predicted molar refractivity (Wildman–Crippen MR) is 55.1 cm³/mol. The fourth-order valence-corrected chi connectivity index (χ4v) is 3.26. The van der Waals surface area contributed by atoms with E-state index in [9.17, 15) is 0 Å². The second-order valence-corrected chi connectivity index (χ2v) is 5.08. The molecule has 0 aliphatic heterocycles. The number of hydrogen-bond acceptors (Lipinski definition) is 2. The average molecular weight is 180 g/mol. The third-order valence-electron chi connectivity index (χ3n) is 4.87. The highest BCUT2D eigenvalue weighted by Gasteiger charge is 2.59. The molecule has 1 fully saturated rings. The quantitative estimate of drug-likeness (QED) is 0.626. The van der Waals surface area contributed by atoms with Crippen LogP contribution in [0.25, 0.3) is 0 Å². The Morgan fingerprint density at radius 2 is 1.46 bits per heavy atom. The van der Waals surface area contributed by atoms with Crippen molar-refractivity contribution < 1.29 is 0 Å². The number of nitrogens with two attached hydrogens (primary N) is 2. The fourth-order valence-electron chi connectivity index (χ4n) is 3.26. The second-order valence-electron chi connectivity index (χ2n) is 5.08. The van der Waals surface area contributed by atoms with Crippen LogP contribution < -0.4 is 11.5 Å². The molecule has 0 saturated heterocycles. The van der Waals surface area contributed by atoms with Gasteiger partial charge in [-0.15, -0.1) is 0 Å². The van der Waals surface area contributed by atoms with Crippen molar-refractivity contribution in [3.63, 3.8) is 0 Å². The van der Waals surface area contributed by atoms with Crippen molar-refractivity contribution in [1.82, 2.24) is 0 Å². The van der Waals surface area contributed by atoms with Gasteiger partial charge in [0.05, 0.1) is 0 Å². The van der Waals surface area contributed by atoms with Crippen molar-refractivity contribution in [3.8, 4) is 0 Å². The highest BCUT2D eigenvalue weighted by Crippen LogP contribution is 2.62. The molecule has 0 amide bonds. The summed E-state index contributed by atoms with van der Waals surface area (Å²) in [6.07, 6.45) is 5.95. The fraction of sp³-hybridized carbons (Fsp3) is 0.818. The molecule has 13 heavy (non-hydrogen) atoms. The van der Waals surface area contributed by atoms with Gasteiger partial charge in [0.25, 0.3) is 0 Å². The molecular formula is C11H20N2. The summed E-state index contributed by atoms with van der Waals surface area (Å²) in [4.78, 5) is 0. The smallest absolute Gasteiger partial charge is 0.00116 e. The first-order valence-corrected chi connectivity index (χ1v) is 5.17. The Bertz CT molecular complexity index is 224. The summed E-state index contributed by atoms with van der Waals surface area (Å²) >= 11 is 0. The van der Waals surface area contributed by atoms with Crippen LogP contribution in [0.2, 0.25) is 0 Å². The molecular weight excluding hydrogens is 160 g/mol. The van der Waals surface area contributed by atoms with Gasteiger partial charge in [-0.25, -0.2) is 0 Å². The van der Waals surface area contributed by atoms with Crippen LogP contribution in [0.1, 0.15) is 20.3 Å². The summed E-state index contributed by atoms with van der Waals surface area (Å²) in [5, 5.41) is 0. The molecule has 2 aliphatic rings. The van der Waals surface area contributed by atoms with Crippen LogP contribution in [0.4, 0.5) is 0 Å². The maximum atomic E-state index is 5.92. The average Bonchev–Trinajstić information content (AvgIpc) is 2.70. The Labute approximate surface area is 80.4 Å². The molecule has 0 aromatic heterocycles. The molecule has 2 nitrogen and oxygen atoms in total. The third kappa shape index (κ3) is 0.856. The lowest BCUT2D eigenvalue weighted by molar-refractivity contribution is 0.0728. The Balaban J connectivity index is 2.42. The Morgan fingerprint density at radius 3 is 1.77 bits per heavy atom. The summed E-state index contributed by atoms with van der Waals surface area (Å²) in [5.41, 5.74) is 12.3. The Kier molecular flexibility index (Phi) is 1.83. The molecule has 0 aromatic carbocycles. The van der Waals surface area contributed by atoms with Gasteiger partial charge in [0.1, 0.15) is 0 Å². The van der Waals surface area contributed by atoms with E-state index in [1.54, 1.807) is 0 Å². The molecule has 4 N–H and O–H groups in total. The van der Waals surface area contributed by atoms with E-state index < -0.39 is 0 Å². The van der Waals surface area contributed by atoms with Gasteiger partial charge in [-0.3, -0.25) is 0 Å². The van der Waals surface area contributed by atoms with Crippen molar-refractivity contribution in [2.75, 3.05) is 13.1 Å². The van der Waals surface area contributed by atoms with Gasteiger partial charge in [0.2, 0.25) is 0 Å². The van der Waals surface area contributed by atoms with Crippen LogP contribution in [0.15, 0.2) is 12.2 Å². The third-order valence-corrected chi connectivity index (χ3v) is 4.87. The molecule has 0 aromatic rings. The monoisotopic (exact) mass is 180 g/mol. The van der Waals surface area contributed by atoms with E-state index in [2.05, 4.69) is 26.0 Å². The first-order chi connectivity index (χ1) is 6.08. The van der Waals surface area contributed by atoms with Crippen molar-refractivity contribution >= 4 is 0 Å². The van der Waals surface area contributed by atoms with Gasteiger partial charge in [-0.2, -0.15) is 0 Å². The van der Waals surface area contributed by atoms with Crippen LogP contribution >= 0.6 is 0 Å². The van der Waals surface area contributed by atoms with Crippen molar-refractivity contribution in [1.29, 1.82) is 0 Å². The van der Waals surface area contributed by atoms with Gasteiger partial charge in [-0.1, -0.05) is 26.0 Å². The molecule has 0 heterocycles. The molecule has 0 spiro atoms. The lowest BCUT2D eigenvalue weighted by Gasteiger charge is -2.46. The Hall–Kier alpha value is -0.340.